The van der Waals surface area contributed by atoms with Crippen LogP contribution in [0.2, 0.25) is 0 Å². The Balaban J connectivity index is 1.46. The average molecular weight is 416 g/mol. The monoisotopic (exact) mass is 415 g/mol. The van der Waals surface area contributed by atoms with Crippen molar-refractivity contribution in [3.05, 3.63) is 71.0 Å². The first-order valence-corrected chi connectivity index (χ1v) is 10.3. The Bertz CT molecular complexity index is 974. The van der Waals surface area contributed by atoms with Crippen molar-refractivity contribution < 1.29 is 14.0 Å². The van der Waals surface area contributed by atoms with E-state index in [4.69, 9.17) is 0 Å². The van der Waals surface area contributed by atoms with Gasteiger partial charge in [-0.25, -0.2) is 9.37 Å². The van der Waals surface area contributed by atoms with Crippen molar-refractivity contribution in [2.75, 3.05) is 16.4 Å². The molecule has 0 radical (unpaired) electrons. The quantitative estimate of drug-likeness (QED) is 0.557. The first-order valence-electron chi connectivity index (χ1n) is 8.47. The van der Waals surface area contributed by atoms with Gasteiger partial charge in [0.2, 0.25) is 11.8 Å². The Morgan fingerprint density at radius 2 is 1.82 bits per heavy atom. The first-order chi connectivity index (χ1) is 13.5. The van der Waals surface area contributed by atoms with Gasteiger partial charge in [-0.2, -0.15) is 0 Å². The van der Waals surface area contributed by atoms with Crippen molar-refractivity contribution in [1.82, 2.24) is 4.98 Å². The molecule has 28 heavy (non-hydrogen) atoms. The normalized spacial score (nSPS) is 10.5. The average Bonchev–Trinajstić information content (AvgIpc) is 3.09. The van der Waals surface area contributed by atoms with Gasteiger partial charge in [0.25, 0.3) is 0 Å². The second kappa shape index (κ2) is 9.48. The molecule has 2 N–H and O–H groups in total. The number of carbonyl (C=O) groups is 2. The highest BCUT2D eigenvalue weighted by Gasteiger charge is 2.10. The van der Waals surface area contributed by atoms with E-state index in [9.17, 15) is 14.0 Å². The Hall–Kier alpha value is -2.71. The second-order valence-electron chi connectivity index (χ2n) is 6.04. The van der Waals surface area contributed by atoms with Gasteiger partial charge < -0.3 is 10.6 Å². The molecule has 0 atom stereocenters. The minimum absolute atomic E-state index is 0.137. The molecule has 5 nitrogen and oxygen atoms in total. The summed E-state index contributed by atoms with van der Waals surface area (Å²) in [5.74, 6) is -0.513. The number of amides is 2. The smallest absolute Gasteiger partial charge is 0.234 e. The van der Waals surface area contributed by atoms with Crippen LogP contribution in [0.5, 0.6) is 0 Å². The molecule has 3 rings (SSSR count). The number of nitrogens with zero attached hydrogens (tertiary/aromatic N) is 1. The summed E-state index contributed by atoms with van der Waals surface area (Å²) in [6.45, 7) is 1.96. The zero-order chi connectivity index (χ0) is 19.9. The number of rotatable bonds is 7. The predicted molar refractivity (Wildman–Crippen MR) is 111 cm³/mol. The zero-order valence-corrected chi connectivity index (χ0v) is 16.7. The molecule has 0 aliphatic heterocycles. The summed E-state index contributed by atoms with van der Waals surface area (Å²) in [6.07, 6.45) is 0.173. The van der Waals surface area contributed by atoms with Crippen LogP contribution in [0.1, 0.15) is 11.3 Å². The summed E-state index contributed by atoms with van der Waals surface area (Å²) < 4.78 is 13.6. The lowest BCUT2D eigenvalue weighted by Gasteiger charge is -2.05. The summed E-state index contributed by atoms with van der Waals surface area (Å²) in [5.41, 5.74) is 3.03. The number of benzene rings is 2. The van der Waals surface area contributed by atoms with Crippen LogP contribution in [0.25, 0.3) is 0 Å². The standard InChI is InChI=1S/C20H18FN3O2S2/c1-13-3-2-4-16(9-13)23-18(25)10-17-11-27-20(24-17)28-12-19(26)22-15-7-5-14(21)6-8-15/h2-9,11H,10,12H2,1H3,(H,22,26)(H,23,25). The van der Waals surface area contributed by atoms with Gasteiger partial charge >= 0.3 is 0 Å². The molecule has 0 saturated carbocycles. The number of aromatic nitrogens is 1. The van der Waals surface area contributed by atoms with Crippen LogP contribution in [-0.4, -0.2) is 22.6 Å². The molecule has 0 bridgehead atoms. The second-order valence-corrected chi connectivity index (χ2v) is 8.12. The van der Waals surface area contributed by atoms with E-state index in [2.05, 4.69) is 15.6 Å². The summed E-state index contributed by atoms with van der Waals surface area (Å²) in [6, 6.07) is 13.2. The molecule has 0 spiro atoms. The van der Waals surface area contributed by atoms with Crippen molar-refractivity contribution in [2.24, 2.45) is 0 Å². The van der Waals surface area contributed by atoms with E-state index in [1.165, 1.54) is 47.4 Å². The van der Waals surface area contributed by atoms with E-state index in [0.29, 0.717) is 15.7 Å². The molecule has 0 unspecified atom stereocenters. The van der Waals surface area contributed by atoms with Gasteiger partial charge in [-0.15, -0.1) is 11.3 Å². The molecule has 0 aliphatic carbocycles. The Kier molecular flexibility index (Phi) is 6.78. The van der Waals surface area contributed by atoms with Gasteiger partial charge in [0.15, 0.2) is 4.34 Å². The topological polar surface area (TPSA) is 71.1 Å². The maximum Gasteiger partial charge on any atom is 0.234 e. The molecule has 0 fully saturated rings. The van der Waals surface area contributed by atoms with E-state index in [1.807, 2.05) is 36.6 Å². The molecule has 1 heterocycles. The number of thioether (sulfide) groups is 1. The predicted octanol–water partition coefficient (Wildman–Crippen LogP) is 4.50. The molecular formula is C20H18FN3O2S2. The van der Waals surface area contributed by atoms with Crippen LogP contribution >= 0.6 is 23.1 Å². The highest BCUT2D eigenvalue weighted by Crippen LogP contribution is 2.23. The van der Waals surface area contributed by atoms with Gasteiger partial charge in [-0.3, -0.25) is 9.59 Å². The molecule has 0 saturated heterocycles. The highest BCUT2D eigenvalue weighted by atomic mass is 32.2. The fourth-order valence-corrected chi connectivity index (χ4v) is 4.03. The van der Waals surface area contributed by atoms with Crippen LogP contribution in [0.3, 0.4) is 0 Å². The van der Waals surface area contributed by atoms with E-state index in [0.717, 1.165) is 11.3 Å². The van der Waals surface area contributed by atoms with Crippen molar-refractivity contribution in [1.29, 1.82) is 0 Å². The largest absolute Gasteiger partial charge is 0.326 e. The summed E-state index contributed by atoms with van der Waals surface area (Å²) >= 11 is 2.69. The molecular weight excluding hydrogens is 397 g/mol. The maximum absolute atomic E-state index is 12.9. The van der Waals surface area contributed by atoms with Gasteiger partial charge in [-0.1, -0.05) is 23.9 Å². The molecule has 2 aromatic carbocycles. The number of carbonyl (C=O) groups excluding carboxylic acids is 2. The molecule has 0 aliphatic rings. The van der Waals surface area contributed by atoms with Crippen LogP contribution in [0.15, 0.2) is 58.3 Å². The van der Waals surface area contributed by atoms with Gasteiger partial charge in [0, 0.05) is 16.8 Å². The van der Waals surface area contributed by atoms with Crippen LogP contribution in [0, 0.1) is 12.7 Å². The van der Waals surface area contributed by atoms with Crippen LogP contribution in [-0.2, 0) is 16.0 Å². The fraction of sp³-hybridized carbons (Fsp3) is 0.150. The third-order valence-corrected chi connectivity index (χ3v) is 5.70. The van der Waals surface area contributed by atoms with Gasteiger partial charge in [0.1, 0.15) is 5.82 Å². The lowest BCUT2D eigenvalue weighted by molar-refractivity contribution is -0.116. The highest BCUT2D eigenvalue weighted by molar-refractivity contribution is 8.01. The van der Waals surface area contributed by atoms with Crippen molar-refractivity contribution in [3.63, 3.8) is 0 Å². The van der Waals surface area contributed by atoms with Gasteiger partial charge in [-0.05, 0) is 48.9 Å². The molecule has 3 aromatic rings. The summed E-state index contributed by atoms with van der Waals surface area (Å²) in [4.78, 5) is 28.5. The number of thiazole rings is 1. The number of hydrogen-bond acceptors (Lipinski definition) is 5. The number of aryl methyl sites for hydroxylation is 1. The minimum atomic E-state index is -0.353. The van der Waals surface area contributed by atoms with Crippen LogP contribution < -0.4 is 10.6 Å². The van der Waals surface area contributed by atoms with Crippen molar-refractivity contribution in [2.45, 2.75) is 17.7 Å². The molecule has 2 amide bonds. The third kappa shape index (κ3) is 6.17. The van der Waals surface area contributed by atoms with Crippen LogP contribution in [0.4, 0.5) is 15.8 Å². The molecule has 144 valence electrons. The third-order valence-electron chi connectivity index (χ3n) is 3.63. The SMILES string of the molecule is Cc1cccc(NC(=O)Cc2csc(SCC(=O)Nc3ccc(F)cc3)n2)c1. The van der Waals surface area contributed by atoms with E-state index >= 15 is 0 Å². The Morgan fingerprint density at radius 1 is 1.07 bits per heavy atom. The fourth-order valence-electron chi connectivity index (χ4n) is 2.39. The number of hydrogen-bond donors (Lipinski definition) is 2. The lowest BCUT2D eigenvalue weighted by Crippen LogP contribution is -2.15. The number of halogens is 1. The van der Waals surface area contributed by atoms with Crippen molar-refractivity contribution in [3.8, 4) is 0 Å². The van der Waals surface area contributed by atoms with Gasteiger partial charge in [0.05, 0.1) is 17.9 Å². The molecule has 1 aromatic heterocycles. The number of anilines is 2. The van der Waals surface area contributed by atoms with Crippen molar-refractivity contribution >= 4 is 46.3 Å². The van der Waals surface area contributed by atoms with E-state index < -0.39 is 0 Å². The summed E-state index contributed by atoms with van der Waals surface area (Å²) in [5, 5.41) is 7.36. The first kappa shape index (κ1) is 20.0. The zero-order valence-electron chi connectivity index (χ0n) is 15.1. The van der Waals surface area contributed by atoms with E-state index in [-0.39, 0.29) is 29.8 Å². The minimum Gasteiger partial charge on any atom is -0.326 e. The maximum atomic E-state index is 12.9. The molecule has 8 heteroatoms. The Morgan fingerprint density at radius 3 is 2.57 bits per heavy atom. The lowest BCUT2D eigenvalue weighted by atomic mass is 10.2. The van der Waals surface area contributed by atoms with E-state index in [1.54, 1.807) is 0 Å². The summed E-state index contributed by atoms with van der Waals surface area (Å²) in [7, 11) is 0. The number of nitrogens with one attached hydrogen (secondary N) is 2. The Labute approximate surface area is 170 Å².